The minimum atomic E-state index is 0.414. The molecule has 0 fully saturated rings. The number of nitrogens with two attached hydrogens (primary N) is 1. The van der Waals surface area contributed by atoms with Gasteiger partial charge in [0.05, 0.1) is 5.69 Å². The maximum Gasteiger partial charge on any atom is 0.137 e. The molecule has 0 aliphatic heterocycles. The Morgan fingerprint density at radius 3 is 3.00 bits per heavy atom. The van der Waals surface area contributed by atoms with E-state index in [0.717, 1.165) is 11.8 Å². The summed E-state index contributed by atoms with van der Waals surface area (Å²) in [6.07, 6.45) is 0.771. The molecule has 13 heavy (non-hydrogen) atoms. The fourth-order valence-electron chi connectivity index (χ4n) is 0.740. The lowest BCUT2D eigenvalue weighted by Crippen LogP contribution is -1.93. The van der Waals surface area contributed by atoms with E-state index in [1.54, 1.807) is 12.1 Å². The van der Waals surface area contributed by atoms with Crippen LogP contribution in [0, 0.1) is 11.8 Å². The van der Waals surface area contributed by atoms with Crippen LogP contribution in [0.4, 0.5) is 5.69 Å². The molecule has 0 atom stereocenters. The maximum atomic E-state index is 5.69. The number of nitrogens with zero attached hydrogens (tertiary/aromatic N) is 1. The van der Waals surface area contributed by atoms with E-state index in [2.05, 4.69) is 32.8 Å². The lowest BCUT2D eigenvalue weighted by Gasteiger charge is -1.96. The molecule has 1 aromatic rings. The van der Waals surface area contributed by atoms with E-state index in [0.29, 0.717) is 16.5 Å². The normalized spacial score (nSPS) is 9.08. The summed E-state index contributed by atoms with van der Waals surface area (Å²) in [6.45, 7) is 0. The second kappa shape index (κ2) is 5.11. The van der Waals surface area contributed by atoms with Gasteiger partial charge in [-0.1, -0.05) is 33.5 Å². The SMILES string of the molecule is Nc1ccc(Cl)nc1C#CCCBr. The van der Waals surface area contributed by atoms with Crippen molar-refractivity contribution >= 4 is 33.2 Å². The summed E-state index contributed by atoms with van der Waals surface area (Å²) in [4.78, 5) is 4.00. The Hall–Kier alpha value is -0.720. The quantitative estimate of drug-likeness (QED) is 0.478. The molecule has 0 amide bonds. The van der Waals surface area contributed by atoms with Gasteiger partial charge in [0.2, 0.25) is 0 Å². The predicted octanol–water partition coefficient (Wildman–Crippen LogP) is 2.45. The van der Waals surface area contributed by atoms with Crippen molar-refractivity contribution in [3.8, 4) is 11.8 Å². The van der Waals surface area contributed by atoms with Crippen molar-refractivity contribution in [1.29, 1.82) is 0 Å². The van der Waals surface area contributed by atoms with Gasteiger partial charge in [-0.25, -0.2) is 4.98 Å². The Kier molecular flexibility index (Phi) is 4.07. The molecule has 0 radical (unpaired) electrons. The van der Waals surface area contributed by atoms with Crippen LogP contribution in [0.3, 0.4) is 0 Å². The molecule has 4 heteroatoms. The van der Waals surface area contributed by atoms with E-state index in [4.69, 9.17) is 17.3 Å². The number of pyridine rings is 1. The summed E-state index contributed by atoms with van der Waals surface area (Å²) >= 11 is 8.96. The molecule has 0 saturated heterocycles. The first kappa shape index (κ1) is 10.4. The topological polar surface area (TPSA) is 38.9 Å². The highest BCUT2D eigenvalue weighted by Gasteiger charge is 1.96. The van der Waals surface area contributed by atoms with Crippen LogP contribution >= 0.6 is 27.5 Å². The Balaban J connectivity index is 2.89. The van der Waals surface area contributed by atoms with Crippen LogP contribution in [0.2, 0.25) is 5.15 Å². The number of alkyl halides is 1. The zero-order chi connectivity index (χ0) is 9.68. The molecule has 1 rings (SSSR count). The van der Waals surface area contributed by atoms with Gasteiger partial charge >= 0.3 is 0 Å². The van der Waals surface area contributed by atoms with E-state index in [9.17, 15) is 0 Å². The predicted molar refractivity (Wildman–Crippen MR) is 58.9 cm³/mol. The summed E-state index contributed by atoms with van der Waals surface area (Å²) in [5.41, 5.74) is 6.75. The maximum absolute atomic E-state index is 5.69. The second-order valence-corrected chi connectivity index (χ2v) is 3.49. The zero-order valence-electron chi connectivity index (χ0n) is 6.85. The molecule has 0 spiro atoms. The van der Waals surface area contributed by atoms with Crippen molar-refractivity contribution < 1.29 is 0 Å². The van der Waals surface area contributed by atoms with Gasteiger partial charge in [0.15, 0.2) is 0 Å². The molecule has 0 unspecified atom stereocenters. The van der Waals surface area contributed by atoms with Gasteiger partial charge in [-0.05, 0) is 18.1 Å². The summed E-state index contributed by atoms with van der Waals surface area (Å²) in [7, 11) is 0. The fourth-order valence-corrected chi connectivity index (χ4v) is 1.09. The molecule has 2 N–H and O–H groups in total. The van der Waals surface area contributed by atoms with Crippen molar-refractivity contribution in [3.63, 3.8) is 0 Å². The molecule has 0 aliphatic carbocycles. The number of nitrogen functional groups attached to an aromatic ring is 1. The Bertz CT molecular complexity index is 354. The molecule has 0 saturated carbocycles. The lowest BCUT2D eigenvalue weighted by atomic mass is 10.3. The van der Waals surface area contributed by atoms with Crippen molar-refractivity contribution in [1.82, 2.24) is 4.98 Å². The third kappa shape index (κ3) is 3.25. The highest BCUT2D eigenvalue weighted by atomic mass is 79.9. The second-order valence-electron chi connectivity index (χ2n) is 2.31. The third-order valence-corrected chi connectivity index (χ3v) is 1.93. The van der Waals surface area contributed by atoms with Gasteiger partial charge in [-0.3, -0.25) is 0 Å². The zero-order valence-corrected chi connectivity index (χ0v) is 9.19. The van der Waals surface area contributed by atoms with E-state index in [-0.39, 0.29) is 0 Å². The van der Waals surface area contributed by atoms with Crippen LogP contribution in [-0.2, 0) is 0 Å². The average Bonchev–Trinajstić information content (AvgIpc) is 2.11. The van der Waals surface area contributed by atoms with E-state index in [1.165, 1.54) is 0 Å². The molecule has 1 heterocycles. The van der Waals surface area contributed by atoms with Gasteiger partial charge in [0.25, 0.3) is 0 Å². The summed E-state index contributed by atoms with van der Waals surface area (Å²) < 4.78 is 0. The number of hydrogen-bond donors (Lipinski definition) is 1. The standard InChI is InChI=1S/C9H8BrClN2/c10-6-2-1-3-8-7(12)4-5-9(11)13-8/h4-5H,2,6,12H2. The van der Waals surface area contributed by atoms with Crippen LogP contribution in [0.5, 0.6) is 0 Å². The van der Waals surface area contributed by atoms with Crippen LogP contribution in [0.15, 0.2) is 12.1 Å². The lowest BCUT2D eigenvalue weighted by molar-refractivity contribution is 1.27. The van der Waals surface area contributed by atoms with Gasteiger partial charge in [0, 0.05) is 11.8 Å². The first-order valence-electron chi connectivity index (χ1n) is 3.71. The van der Waals surface area contributed by atoms with E-state index < -0.39 is 0 Å². The molecule has 0 bridgehead atoms. The van der Waals surface area contributed by atoms with Crippen LogP contribution in [0.1, 0.15) is 12.1 Å². The Labute approximate surface area is 90.6 Å². The van der Waals surface area contributed by atoms with Gasteiger partial charge < -0.3 is 5.73 Å². The van der Waals surface area contributed by atoms with Crippen LogP contribution in [0.25, 0.3) is 0 Å². The number of aromatic nitrogens is 1. The van der Waals surface area contributed by atoms with Crippen molar-refractivity contribution in [2.75, 3.05) is 11.1 Å². The summed E-state index contributed by atoms with van der Waals surface area (Å²) in [6, 6.07) is 3.35. The molecule has 0 aromatic carbocycles. The smallest absolute Gasteiger partial charge is 0.137 e. The first-order chi connectivity index (χ1) is 6.24. The number of halogens is 2. The van der Waals surface area contributed by atoms with Gasteiger partial charge in [-0.2, -0.15) is 0 Å². The fraction of sp³-hybridized carbons (Fsp3) is 0.222. The van der Waals surface area contributed by atoms with Crippen molar-refractivity contribution in [3.05, 3.63) is 23.0 Å². The first-order valence-corrected chi connectivity index (χ1v) is 5.21. The Morgan fingerprint density at radius 2 is 2.31 bits per heavy atom. The minimum absolute atomic E-state index is 0.414. The average molecular weight is 260 g/mol. The monoisotopic (exact) mass is 258 g/mol. The third-order valence-electron chi connectivity index (χ3n) is 1.32. The molecular weight excluding hydrogens is 251 g/mol. The Morgan fingerprint density at radius 1 is 1.54 bits per heavy atom. The molecule has 0 aliphatic rings. The van der Waals surface area contributed by atoms with Crippen LogP contribution < -0.4 is 5.73 Å². The highest BCUT2D eigenvalue weighted by Crippen LogP contribution is 2.11. The minimum Gasteiger partial charge on any atom is -0.396 e. The molecule has 68 valence electrons. The molecule has 2 nitrogen and oxygen atoms in total. The van der Waals surface area contributed by atoms with Crippen molar-refractivity contribution in [2.45, 2.75) is 6.42 Å². The number of rotatable bonds is 1. The summed E-state index contributed by atoms with van der Waals surface area (Å²) in [5.74, 6) is 5.78. The largest absolute Gasteiger partial charge is 0.396 e. The van der Waals surface area contributed by atoms with Crippen molar-refractivity contribution in [2.24, 2.45) is 0 Å². The van der Waals surface area contributed by atoms with Gasteiger partial charge in [-0.15, -0.1) is 0 Å². The van der Waals surface area contributed by atoms with Crippen LogP contribution in [-0.4, -0.2) is 10.3 Å². The summed E-state index contributed by atoms with van der Waals surface area (Å²) in [5, 5.41) is 1.26. The van der Waals surface area contributed by atoms with E-state index in [1.807, 2.05) is 0 Å². The highest BCUT2D eigenvalue weighted by molar-refractivity contribution is 9.09. The van der Waals surface area contributed by atoms with E-state index >= 15 is 0 Å². The number of hydrogen-bond acceptors (Lipinski definition) is 2. The molecule has 1 aromatic heterocycles. The molecular formula is C9H8BrClN2. The number of anilines is 1. The van der Waals surface area contributed by atoms with Gasteiger partial charge in [0.1, 0.15) is 10.8 Å².